The average Bonchev–Trinajstić information content (AvgIpc) is 2.16. The third-order valence-electron chi connectivity index (χ3n) is 2.34. The monoisotopic (exact) mass is 275 g/mol. The summed E-state index contributed by atoms with van der Waals surface area (Å²) in [4.78, 5) is 2.23. The molecule has 0 fully saturated rings. The highest BCUT2D eigenvalue weighted by Gasteiger charge is 2.09. The zero-order valence-electron chi connectivity index (χ0n) is 8.72. The van der Waals surface area contributed by atoms with Crippen molar-refractivity contribution in [2.75, 3.05) is 11.9 Å². The minimum absolute atomic E-state index is 0.484. The van der Waals surface area contributed by atoms with Gasteiger partial charge in [-0.05, 0) is 37.6 Å². The molecule has 0 aromatic heterocycles. The van der Waals surface area contributed by atoms with E-state index in [-0.39, 0.29) is 0 Å². The first-order valence-electron chi connectivity index (χ1n) is 4.63. The zero-order valence-corrected chi connectivity index (χ0v) is 11.1. The van der Waals surface area contributed by atoms with Gasteiger partial charge in [0, 0.05) is 29.1 Å². The highest BCUT2D eigenvalue weighted by molar-refractivity contribution is 9.10. The number of nitrogens with zero attached hydrogens (tertiary/aromatic N) is 1. The summed E-state index contributed by atoms with van der Waals surface area (Å²) in [7, 11) is 2.09. The van der Waals surface area contributed by atoms with E-state index in [4.69, 9.17) is 11.6 Å². The molecule has 3 heteroatoms. The van der Waals surface area contributed by atoms with Gasteiger partial charge in [0.2, 0.25) is 0 Å². The van der Waals surface area contributed by atoms with Gasteiger partial charge in [0.15, 0.2) is 0 Å². The van der Waals surface area contributed by atoms with Gasteiger partial charge in [-0.3, -0.25) is 0 Å². The summed E-state index contributed by atoms with van der Waals surface area (Å²) >= 11 is 9.35. The molecule has 0 saturated carbocycles. The van der Waals surface area contributed by atoms with Crippen molar-refractivity contribution in [2.45, 2.75) is 25.8 Å². The Bertz CT molecular complexity index is 312. The predicted molar refractivity (Wildman–Crippen MR) is 67.2 cm³/mol. The van der Waals surface area contributed by atoms with Gasteiger partial charge in [-0.1, -0.05) is 15.9 Å². The molecule has 1 nitrogen and oxygen atoms in total. The molecule has 14 heavy (non-hydrogen) atoms. The number of anilines is 1. The van der Waals surface area contributed by atoms with Crippen LogP contribution in [-0.2, 0) is 5.88 Å². The molecule has 0 radical (unpaired) electrons. The largest absolute Gasteiger partial charge is 0.372 e. The van der Waals surface area contributed by atoms with Gasteiger partial charge in [0.05, 0.1) is 0 Å². The standard InChI is InChI=1S/C11H15BrClN/c1-8(2)14(3)11-5-4-10(12)6-9(11)7-13/h4-6,8H,7H2,1-3H3. The van der Waals surface area contributed by atoms with Crippen LogP contribution in [0.3, 0.4) is 0 Å². The van der Waals surface area contributed by atoms with Gasteiger partial charge in [-0.25, -0.2) is 0 Å². The fraction of sp³-hybridized carbons (Fsp3) is 0.455. The van der Waals surface area contributed by atoms with E-state index >= 15 is 0 Å². The van der Waals surface area contributed by atoms with E-state index in [1.165, 1.54) is 5.69 Å². The van der Waals surface area contributed by atoms with Crippen LogP contribution in [0.2, 0.25) is 0 Å². The Morgan fingerprint density at radius 1 is 1.43 bits per heavy atom. The van der Waals surface area contributed by atoms with Crippen LogP contribution >= 0.6 is 27.5 Å². The van der Waals surface area contributed by atoms with Gasteiger partial charge in [-0.15, -0.1) is 11.6 Å². The summed E-state index contributed by atoms with van der Waals surface area (Å²) in [6.45, 7) is 4.33. The molecule has 0 bridgehead atoms. The van der Waals surface area contributed by atoms with Crippen LogP contribution in [0.4, 0.5) is 5.69 Å². The minimum Gasteiger partial charge on any atom is -0.372 e. The van der Waals surface area contributed by atoms with Crippen molar-refractivity contribution in [3.8, 4) is 0 Å². The molecule has 0 aliphatic heterocycles. The molecule has 0 aliphatic rings. The third kappa shape index (κ3) is 2.64. The Morgan fingerprint density at radius 3 is 2.57 bits per heavy atom. The van der Waals surface area contributed by atoms with Crippen molar-refractivity contribution in [3.05, 3.63) is 28.2 Å². The molecule has 78 valence electrons. The molecule has 1 aromatic rings. The summed E-state index contributed by atoms with van der Waals surface area (Å²) in [5.41, 5.74) is 2.37. The number of rotatable bonds is 3. The van der Waals surface area contributed by atoms with Crippen molar-refractivity contribution < 1.29 is 0 Å². The summed E-state index contributed by atoms with van der Waals surface area (Å²) in [5.74, 6) is 0.547. The minimum atomic E-state index is 0.484. The maximum absolute atomic E-state index is 5.91. The number of benzene rings is 1. The maximum atomic E-state index is 5.91. The van der Waals surface area contributed by atoms with E-state index in [1.54, 1.807) is 0 Å². The summed E-state index contributed by atoms with van der Waals surface area (Å²) in [6.07, 6.45) is 0. The molecule has 0 unspecified atom stereocenters. The van der Waals surface area contributed by atoms with Gasteiger partial charge < -0.3 is 4.90 Å². The van der Waals surface area contributed by atoms with Crippen molar-refractivity contribution in [1.82, 2.24) is 0 Å². The fourth-order valence-electron chi connectivity index (χ4n) is 1.28. The van der Waals surface area contributed by atoms with Crippen LogP contribution in [0, 0.1) is 0 Å². The Balaban J connectivity index is 3.07. The van der Waals surface area contributed by atoms with E-state index in [2.05, 4.69) is 53.9 Å². The van der Waals surface area contributed by atoms with Crippen molar-refractivity contribution >= 4 is 33.2 Å². The molecular formula is C11H15BrClN. The Labute approximate surface area is 99.2 Å². The smallest absolute Gasteiger partial charge is 0.0494 e. The Kier molecular flexibility index (Phi) is 4.27. The quantitative estimate of drug-likeness (QED) is 0.753. The van der Waals surface area contributed by atoms with E-state index in [9.17, 15) is 0 Å². The van der Waals surface area contributed by atoms with Crippen molar-refractivity contribution in [2.24, 2.45) is 0 Å². The van der Waals surface area contributed by atoms with Crippen molar-refractivity contribution in [3.63, 3.8) is 0 Å². The molecule has 1 aromatic carbocycles. The molecule has 0 spiro atoms. The Hall–Kier alpha value is -0.210. The second kappa shape index (κ2) is 5.04. The van der Waals surface area contributed by atoms with E-state index in [0.717, 1.165) is 10.0 Å². The van der Waals surface area contributed by atoms with Crippen LogP contribution in [0.15, 0.2) is 22.7 Å². The predicted octanol–water partition coefficient (Wildman–Crippen LogP) is 4.03. The summed E-state index contributed by atoms with van der Waals surface area (Å²) in [5, 5.41) is 0. The summed E-state index contributed by atoms with van der Waals surface area (Å²) in [6, 6.07) is 6.70. The average molecular weight is 277 g/mol. The molecule has 0 atom stereocenters. The van der Waals surface area contributed by atoms with Gasteiger partial charge in [0.1, 0.15) is 0 Å². The van der Waals surface area contributed by atoms with Crippen LogP contribution < -0.4 is 4.90 Å². The molecule has 0 amide bonds. The molecule has 0 aliphatic carbocycles. The van der Waals surface area contributed by atoms with Crippen molar-refractivity contribution in [1.29, 1.82) is 0 Å². The zero-order chi connectivity index (χ0) is 10.7. The lowest BCUT2D eigenvalue weighted by atomic mass is 10.1. The Morgan fingerprint density at radius 2 is 2.07 bits per heavy atom. The molecule has 0 saturated heterocycles. The topological polar surface area (TPSA) is 3.24 Å². The molecule has 1 rings (SSSR count). The lowest BCUT2D eigenvalue weighted by molar-refractivity contribution is 0.752. The van der Waals surface area contributed by atoms with Crippen LogP contribution in [0.25, 0.3) is 0 Å². The number of halogens is 2. The molecular weight excluding hydrogens is 261 g/mol. The molecule has 0 heterocycles. The lowest BCUT2D eigenvalue weighted by Crippen LogP contribution is -2.26. The first kappa shape index (κ1) is 11.9. The van der Waals surface area contributed by atoms with Crippen LogP contribution in [0.1, 0.15) is 19.4 Å². The van der Waals surface area contributed by atoms with E-state index in [1.807, 2.05) is 6.07 Å². The van der Waals surface area contributed by atoms with Gasteiger partial charge >= 0.3 is 0 Å². The second-order valence-electron chi connectivity index (χ2n) is 3.61. The SMILES string of the molecule is CC(C)N(C)c1ccc(Br)cc1CCl. The second-order valence-corrected chi connectivity index (χ2v) is 4.79. The van der Waals surface area contributed by atoms with E-state index < -0.39 is 0 Å². The third-order valence-corrected chi connectivity index (χ3v) is 3.12. The first-order chi connectivity index (χ1) is 6.56. The first-order valence-corrected chi connectivity index (χ1v) is 5.96. The number of hydrogen-bond acceptors (Lipinski definition) is 1. The van der Waals surface area contributed by atoms with Crippen LogP contribution in [-0.4, -0.2) is 13.1 Å². The van der Waals surface area contributed by atoms with E-state index in [0.29, 0.717) is 11.9 Å². The number of hydrogen-bond donors (Lipinski definition) is 0. The highest BCUT2D eigenvalue weighted by atomic mass is 79.9. The highest BCUT2D eigenvalue weighted by Crippen LogP contribution is 2.26. The molecule has 0 N–H and O–H groups in total. The fourth-order valence-corrected chi connectivity index (χ4v) is 1.91. The van der Waals surface area contributed by atoms with Gasteiger partial charge in [-0.2, -0.15) is 0 Å². The number of alkyl halides is 1. The van der Waals surface area contributed by atoms with Gasteiger partial charge in [0.25, 0.3) is 0 Å². The lowest BCUT2D eigenvalue weighted by Gasteiger charge is -2.26. The normalized spacial score (nSPS) is 10.7. The summed E-state index contributed by atoms with van der Waals surface area (Å²) < 4.78 is 1.08. The van der Waals surface area contributed by atoms with Crippen LogP contribution in [0.5, 0.6) is 0 Å². The maximum Gasteiger partial charge on any atom is 0.0494 e.